The van der Waals surface area contributed by atoms with Crippen LogP contribution >= 0.6 is 0 Å². The summed E-state index contributed by atoms with van der Waals surface area (Å²) in [4.78, 5) is 30.5. The number of ether oxygens (including phenoxy) is 1. The van der Waals surface area contributed by atoms with Gasteiger partial charge >= 0.3 is 0 Å². The highest BCUT2D eigenvalue weighted by Crippen LogP contribution is 2.31. The van der Waals surface area contributed by atoms with E-state index in [0.29, 0.717) is 35.2 Å². The fourth-order valence-electron chi connectivity index (χ4n) is 4.84. The van der Waals surface area contributed by atoms with Gasteiger partial charge in [0.1, 0.15) is 17.3 Å². The van der Waals surface area contributed by atoms with Crippen molar-refractivity contribution in [2.45, 2.75) is 69.7 Å². The molecule has 11 heteroatoms. The van der Waals surface area contributed by atoms with Crippen molar-refractivity contribution in [3.63, 3.8) is 0 Å². The molecule has 194 valence electrons. The summed E-state index contributed by atoms with van der Waals surface area (Å²) >= 11 is 0. The maximum absolute atomic E-state index is 13.2. The van der Waals surface area contributed by atoms with Gasteiger partial charge in [-0.2, -0.15) is 10.1 Å². The molecule has 0 unspecified atom stereocenters. The molecule has 0 spiro atoms. The fraction of sp³-hybridized carbons (Fsp3) is 0.520. The van der Waals surface area contributed by atoms with Crippen LogP contribution in [0.15, 0.2) is 56.5 Å². The predicted molar refractivity (Wildman–Crippen MR) is 138 cm³/mol. The Bertz CT molecular complexity index is 1160. The van der Waals surface area contributed by atoms with Crippen molar-refractivity contribution in [3.8, 4) is 0 Å². The number of hydrazone groups is 1. The molecular weight excluding hydrogens is 462 g/mol. The maximum atomic E-state index is 13.2. The molecule has 0 aromatic carbocycles. The van der Waals surface area contributed by atoms with Crippen LogP contribution in [0.25, 0.3) is 0 Å². The van der Waals surface area contributed by atoms with Gasteiger partial charge in [0.15, 0.2) is 5.84 Å². The summed E-state index contributed by atoms with van der Waals surface area (Å²) in [6, 6.07) is 3.24. The molecule has 1 aliphatic heterocycles. The number of rotatable bonds is 7. The van der Waals surface area contributed by atoms with Gasteiger partial charge in [-0.15, -0.1) is 0 Å². The predicted octanol–water partition coefficient (Wildman–Crippen LogP) is 1.65. The van der Waals surface area contributed by atoms with Crippen LogP contribution in [0.5, 0.6) is 0 Å². The lowest BCUT2D eigenvalue weighted by molar-refractivity contribution is -0.118. The fourth-order valence-corrected chi connectivity index (χ4v) is 4.84. The van der Waals surface area contributed by atoms with Crippen LogP contribution in [0.3, 0.4) is 0 Å². The van der Waals surface area contributed by atoms with E-state index in [2.05, 4.69) is 32.8 Å². The third-order valence-electron chi connectivity index (χ3n) is 7.12. The second-order valence-electron chi connectivity index (χ2n) is 9.36. The van der Waals surface area contributed by atoms with Gasteiger partial charge in [-0.05, 0) is 57.6 Å². The summed E-state index contributed by atoms with van der Waals surface area (Å²) in [5.41, 5.74) is 0.492. The number of carbonyl (C=O) groups is 1. The molecule has 36 heavy (non-hydrogen) atoms. The Labute approximate surface area is 210 Å². The van der Waals surface area contributed by atoms with Gasteiger partial charge in [-0.25, -0.2) is 0 Å². The summed E-state index contributed by atoms with van der Waals surface area (Å²) < 4.78 is 7.04. The Hall–Kier alpha value is -3.44. The molecule has 2 aliphatic carbocycles. The minimum Gasteiger partial charge on any atom is -0.391 e. The van der Waals surface area contributed by atoms with E-state index in [1.54, 1.807) is 50.1 Å². The van der Waals surface area contributed by atoms with Gasteiger partial charge in [-0.1, -0.05) is 0 Å². The first-order chi connectivity index (χ1) is 17.4. The average Bonchev–Trinajstić information content (AvgIpc) is 2.89. The molecule has 2 heterocycles. The minimum absolute atomic E-state index is 0.0255. The molecule has 2 saturated carbocycles. The zero-order chi connectivity index (χ0) is 25.8. The standard InChI is InChI=1S/C25H35N7O4/c1-15(24(34)28-16-7-5-8-17(13-16)36-4)23-30-21(14-22(26-2)32(23)27-3)29-18-9-6-12-31(25(18)35)19-10-11-20(19)33/h6,9,12,14,16-17,19-20,29-30,33H,3,5,7-8,10-11,13H2,1-2,4H3,(H,28,34)/b23-15+,26-22?/t16-,17-,19-,20+/m0/s1. The molecule has 11 nitrogen and oxygen atoms in total. The highest BCUT2D eigenvalue weighted by Gasteiger charge is 2.32. The van der Waals surface area contributed by atoms with Crippen molar-refractivity contribution < 1.29 is 14.6 Å². The molecule has 4 N–H and O–H groups in total. The first kappa shape index (κ1) is 25.6. The van der Waals surface area contributed by atoms with E-state index in [0.717, 1.165) is 32.1 Å². The molecular formula is C25H35N7O4. The van der Waals surface area contributed by atoms with Crippen molar-refractivity contribution in [1.82, 2.24) is 20.2 Å². The van der Waals surface area contributed by atoms with Crippen molar-refractivity contribution in [2.24, 2.45) is 10.1 Å². The molecule has 1 aromatic rings. The van der Waals surface area contributed by atoms with Crippen LogP contribution in [0.2, 0.25) is 0 Å². The van der Waals surface area contributed by atoms with Crippen molar-refractivity contribution >= 4 is 24.1 Å². The van der Waals surface area contributed by atoms with E-state index < -0.39 is 6.10 Å². The van der Waals surface area contributed by atoms with Crippen LogP contribution in [0.1, 0.15) is 51.5 Å². The SMILES string of the molecule is C=NN1C(=NC)C=C(Nc2cccn([C@H]3CC[C@H]3O)c2=O)N/C1=C(/C)C(=O)N[C@H]1CCC[C@H](OC)C1. The van der Waals surface area contributed by atoms with E-state index in [9.17, 15) is 14.7 Å². The number of pyridine rings is 1. The van der Waals surface area contributed by atoms with Gasteiger partial charge in [0.2, 0.25) is 0 Å². The number of nitrogens with one attached hydrogen (secondary N) is 3. The number of amidine groups is 1. The van der Waals surface area contributed by atoms with Crippen molar-refractivity contribution in [3.05, 3.63) is 52.0 Å². The number of aliphatic hydroxyl groups is 1. The van der Waals surface area contributed by atoms with Crippen LogP contribution < -0.4 is 21.5 Å². The number of methoxy groups -OCH3 is 1. The Morgan fingerprint density at radius 3 is 2.75 bits per heavy atom. The summed E-state index contributed by atoms with van der Waals surface area (Å²) in [7, 11) is 3.31. The normalized spacial score (nSPS) is 28.5. The van der Waals surface area contributed by atoms with Crippen LogP contribution in [0.4, 0.5) is 5.69 Å². The quantitative estimate of drug-likeness (QED) is 0.333. The lowest BCUT2D eigenvalue weighted by Crippen LogP contribution is -2.44. The number of hydrogen-bond acceptors (Lipinski definition) is 8. The van der Waals surface area contributed by atoms with Gasteiger partial charge in [-0.3, -0.25) is 14.6 Å². The van der Waals surface area contributed by atoms with Crippen LogP contribution in [0, 0.1) is 0 Å². The van der Waals surface area contributed by atoms with E-state index >= 15 is 0 Å². The largest absolute Gasteiger partial charge is 0.391 e. The number of aromatic nitrogens is 1. The van der Waals surface area contributed by atoms with Gasteiger partial charge in [0.25, 0.3) is 11.5 Å². The molecule has 0 bridgehead atoms. The zero-order valence-corrected chi connectivity index (χ0v) is 21.0. The Kier molecular flexibility index (Phi) is 7.90. The highest BCUT2D eigenvalue weighted by molar-refractivity contribution is 5.99. The second-order valence-corrected chi connectivity index (χ2v) is 9.36. The number of hydrogen-bond donors (Lipinski definition) is 4. The molecule has 2 fully saturated rings. The van der Waals surface area contributed by atoms with E-state index in [1.165, 1.54) is 5.01 Å². The third-order valence-corrected chi connectivity index (χ3v) is 7.12. The zero-order valence-electron chi connectivity index (χ0n) is 21.0. The topological polar surface area (TPSA) is 133 Å². The maximum Gasteiger partial charge on any atom is 0.274 e. The Morgan fingerprint density at radius 2 is 2.11 bits per heavy atom. The van der Waals surface area contributed by atoms with Gasteiger partial charge in [0.05, 0.1) is 23.8 Å². The number of carbonyl (C=O) groups excluding carboxylic acids is 1. The summed E-state index contributed by atoms with van der Waals surface area (Å²) in [5, 5.41) is 24.9. The number of amides is 1. The van der Waals surface area contributed by atoms with Crippen LogP contribution in [-0.4, -0.2) is 65.6 Å². The van der Waals surface area contributed by atoms with E-state index in [4.69, 9.17) is 4.74 Å². The summed E-state index contributed by atoms with van der Waals surface area (Å²) in [5.74, 6) is 1.05. The Balaban J connectivity index is 1.57. The molecule has 1 amide bonds. The first-order valence-corrected chi connectivity index (χ1v) is 12.3. The molecule has 3 aliphatic rings. The smallest absolute Gasteiger partial charge is 0.274 e. The second kappa shape index (κ2) is 11.1. The third kappa shape index (κ3) is 5.21. The Morgan fingerprint density at radius 1 is 1.31 bits per heavy atom. The van der Waals surface area contributed by atoms with Gasteiger partial charge in [0, 0.05) is 39.2 Å². The first-order valence-electron chi connectivity index (χ1n) is 12.3. The van der Waals surface area contributed by atoms with Crippen molar-refractivity contribution in [1.29, 1.82) is 0 Å². The summed E-state index contributed by atoms with van der Waals surface area (Å²) in [6.45, 7) is 5.34. The summed E-state index contributed by atoms with van der Waals surface area (Å²) in [6.07, 6.45) is 8.09. The molecule has 1 aromatic heterocycles. The molecule has 4 atom stereocenters. The molecule has 4 rings (SSSR count). The van der Waals surface area contributed by atoms with Crippen LogP contribution in [-0.2, 0) is 9.53 Å². The number of anilines is 1. The highest BCUT2D eigenvalue weighted by atomic mass is 16.5. The lowest BCUT2D eigenvalue weighted by Gasteiger charge is -2.34. The lowest BCUT2D eigenvalue weighted by atomic mass is 9.89. The van der Waals surface area contributed by atoms with Gasteiger partial charge < -0.3 is 30.4 Å². The molecule has 0 radical (unpaired) electrons. The number of nitrogens with zero attached hydrogens (tertiary/aromatic N) is 4. The van der Waals surface area contributed by atoms with E-state index in [1.807, 2.05) is 0 Å². The minimum atomic E-state index is -0.518. The number of aliphatic hydroxyl groups excluding tert-OH is 1. The average molecular weight is 498 g/mol. The monoisotopic (exact) mass is 497 g/mol. The van der Waals surface area contributed by atoms with Crippen molar-refractivity contribution in [2.75, 3.05) is 19.5 Å². The van der Waals surface area contributed by atoms with E-state index in [-0.39, 0.29) is 29.7 Å². The molecule has 0 saturated heterocycles. The number of aliphatic imine (C=N–C) groups is 1.